The van der Waals surface area contributed by atoms with Gasteiger partial charge in [0.05, 0.1) is 0 Å². The van der Waals surface area contributed by atoms with Gasteiger partial charge in [0, 0.05) is 21.9 Å². The largest absolute Gasteiger partial charge is 0.313 e. The average molecular weight is 325 g/mol. The van der Waals surface area contributed by atoms with E-state index < -0.39 is 0 Å². The van der Waals surface area contributed by atoms with E-state index in [1.807, 2.05) is 6.07 Å². The maximum Gasteiger partial charge on any atom is 0.128 e. The molecule has 0 aliphatic heterocycles. The Balaban J connectivity index is 2.42. The van der Waals surface area contributed by atoms with Crippen LogP contribution in [0.5, 0.6) is 0 Å². The summed E-state index contributed by atoms with van der Waals surface area (Å²) in [6.45, 7) is 1.49. The zero-order chi connectivity index (χ0) is 10.4. The average Bonchev–Trinajstić information content (AvgIpc) is 2.15. The van der Waals surface area contributed by atoms with E-state index in [2.05, 4.69) is 37.2 Å². The standard InChI is InChI=1S/C10H12Br2FN/c11-4-1-5-14-7-8-2-3-9(12)6-10(8)13/h2-3,6,14H,1,4-5,7H2. The van der Waals surface area contributed by atoms with E-state index in [1.165, 1.54) is 6.07 Å². The molecule has 1 nitrogen and oxygen atoms in total. The van der Waals surface area contributed by atoms with E-state index >= 15 is 0 Å². The molecule has 0 radical (unpaired) electrons. The second kappa shape index (κ2) is 6.53. The summed E-state index contributed by atoms with van der Waals surface area (Å²) in [5.41, 5.74) is 0.711. The molecule has 4 heteroatoms. The minimum absolute atomic E-state index is 0.161. The molecule has 0 saturated heterocycles. The van der Waals surface area contributed by atoms with E-state index in [0.29, 0.717) is 12.1 Å². The van der Waals surface area contributed by atoms with Crippen molar-refractivity contribution in [3.8, 4) is 0 Å². The first-order chi connectivity index (χ1) is 6.74. The van der Waals surface area contributed by atoms with E-state index in [0.717, 1.165) is 22.8 Å². The maximum atomic E-state index is 13.3. The minimum Gasteiger partial charge on any atom is -0.313 e. The maximum absolute atomic E-state index is 13.3. The van der Waals surface area contributed by atoms with Crippen molar-refractivity contribution in [3.05, 3.63) is 34.1 Å². The summed E-state index contributed by atoms with van der Waals surface area (Å²) < 4.78 is 14.1. The molecule has 0 unspecified atom stereocenters. The van der Waals surface area contributed by atoms with Crippen molar-refractivity contribution in [2.24, 2.45) is 0 Å². The predicted molar refractivity (Wildman–Crippen MR) is 64.2 cm³/mol. The Kier molecular flexibility index (Phi) is 5.67. The summed E-state index contributed by atoms with van der Waals surface area (Å²) in [7, 11) is 0. The van der Waals surface area contributed by atoms with Crippen LogP contribution in [0.1, 0.15) is 12.0 Å². The van der Waals surface area contributed by atoms with Crippen LogP contribution in [-0.4, -0.2) is 11.9 Å². The van der Waals surface area contributed by atoms with Gasteiger partial charge in [-0.1, -0.05) is 37.9 Å². The highest BCUT2D eigenvalue weighted by Crippen LogP contribution is 2.14. The monoisotopic (exact) mass is 323 g/mol. The quantitative estimate of drug-likeness (QED) is 0.646. The second-order valence-corrected chi connectivity index (χ2v) is 4.66. The van der Waals surface area contributed by atoms with Crippen molar-refractivity contribution in [2.45, 2.75) is 13.0 Å². The van der Waals surface area contributed by atoms with Gasteiger partial charge in [-0.3, -0.25) is 0 Å². The molecule has 0 aliphatic carbocycles. The molecule has 1 rings (SSSR count). The number of hydrogen-bond donors (Lipinski definition) is 1. The summed E-state index contributed by atoms with van der Waals surface area (Å²) in [4.78, 5) is 0. The van der Waals surface area contributed by atoms with Gasteiger partial charge in [-0.25, -0.2) is 4.39 Å². The molecule has 1 N–H and O–H groups in total. The third kappa shape index (κ3) is 4.07. The molecule has 1 aromatic rings. The molecule has 14 heavy (non-hydrogen) atoms. The summed E-state index contributed by atoms with van der Waals surface area (Å²) in [5, 5.41) is 4.15. The molecule has 0 atom stereocenters. The molecule has 0 heterocycles. The summed E-state index contributed by atoms with van der Waals surface area (Å²) in [6, 6.07) is 5.13. The minimum atomic E-state index is -0.161. The van der Waals surface area contributed by atoms with Gasteiger partial charge >= 0.3 is 0 Å². The molecule has 0 aromatic heterocycles. The molecule has 78 valence electrons. The van der Waals surface area contributed by atoms with Crippen LogP contribution in [0, 0.1) is 5.82 Å². The van der Waals surface area contributed by atoms with Gasteiger partial charge in [-0.05, 0) is 25.1 Å². The first-order valence-corrected chi connectivity index (χ1v) is 6.36. The fraction of sp³-hybridized carbons (Fsp3) is 0.400. The zero-order valence-corrected chi connectivity index (χ0v) is 10.9. The number of benzene rings is 1. The first kappa shape index (κ1) is 12.1. The van der Waals surface area contributed by atoms with Crippen LogP contribution in [0.3, 0.4) is 0 Å². The SMILES string of the molecule is Fc1cc(Br)ccc1CNCCCBr. The van der Waals surface area contributed by atoms with Crippen LogP contribution >= 0.6 is 31.9 Å². The molecular formula is C10H12Br2FN. The smallest absolute Gasteiger partial charge is 0.128 e. The van der Waals surface area contributed by atoms with E-state index in [-0.39, 0.29) is 5.82 Å². The number of alkyl halides is 1. The number of halogens is 3. The topological polar surface area (TPSA) is 12.0 Å². The van der Waals surface area contributed by atoms with Crippen LogP contribution < -0.4 is 5.32 Å². The Hall–Kier alpha value is 0.0700. The number of hydrogen-bond acceptors (Lipinski definition) is 1. The molecule has 0 bridgehead atoms. The fourth-order valence-corrected chi connectivity index (χ4v) is 1.69. The lowest BCUT2D eigenvalue weighted by atomic mass is 10.2. The third-order valence-corrected chi connectivity index (χ3v) is 2.87. The molecule has 0 spiro atoms. The van der Waals surface area contributed by atoms with Crippen molar-refractivity contribution in [3.63, 3.8) is 0 Å². The lowest BCUT2D eigenvalue weighted by molar-refractivity contribution is 0.586. The van der Waals surface area contributed by atoms with Crippen molar-refractivity contribution < 1.29 is 4.39 Å². The van der Waals surface area contributed by atoms with Gasteiger partial charge in [0.1, 0.15) is 5.82 Å². The van der Waals surface area contributed by atoms with Gasteiger partial charge in [0.25, 0.3) is 0 Å². The second-order valence-electron chi connectivity index (χ2n) is 2.96. The number of nitrogens with one attached hydrogen (secondary N) is 1. The molecule has 0 aliphatic rings. The Morgan fingerprint density at radius 1 is 1.36 bits per heavy atom. The number of rotatable bonds is 5. The van der Waals surface area contributed by atoms with E-state index in [9.17, 15) is 4.39 Å². The van der Waals surface area contributed by atoms with Crippen molar-refractivity contribution >= 4 is 31.9 Å². The highest BCUT2D eigenvalue weighted by Gasteiger charge is 2.01. The fourth-order valence-electron chi connectivity index (χ4n) is 1.08. The highest BCUT2D eigenvalue weighted by molar-refractivity contribution is 9.10. The van der Waals surface area contributed by atoms with Crippen LogP contribution in [0.25, 0.3) is 0 Å². The third-order valence-electron chi connectivity index (χ3n) is 1.82. The summed E-state index contributed by atoms with van der Waals surface area (Å²) >= 11 is 6.56. The molecule has 1 aromatic carbocycles. The first-order valence-electron chi connectivity index (χ1n) is 4.44. The molecule has 0 saturated carbocycles. The van der Waals surface area contributed by atoms with Crippen molar-refractivity contribution in [1.29, 1.82) is 0 Å². The van der Waals surface area contributed by atoms with Crippen molar-refractivity contribution in [2.75, 3.05) is 11.9 Å². The molecule has 0 fully saturated rings. The normalized spacial score (nSPS) is 10.5. The molecular weight excluding hydrogens is 313 g/mol. The van der Waals surface area contributed by atoms with E-state index in [1.54, 1.807) is 6.07 Å². The van der Waals surface area contributed by atoms with Gasteiger partial charge in [0.2, 0.25) is 0 Å². The van der Waals surface area contributed by atoms with Crippen LogP contribution in [-0.2, 0) is 6.54 Å². The van der Waals surface area contributed by atoms with Crippen molar-refractivity contribution in [1.82, 2.24) is 5.32 Å². The van der Waals surface area contributed by atoms with Crippen LogP contribution in [0.2, 0.25) is 0 Å². The molecule has 0 amide bonds. The lowest BCUT2D eigenvalue weighted by Crippen LogP contribution is -2.15. The van der Waals surface area contributed by atoms with Gasteiger partial charge in [-0.2, -0.15) is 0 Å². The Bertz CT molecular complexity index is 291. The van der Waals surface area contributed by atoms with Gasteiger partial charge in [0.15, 0.2) is 0 Å². The predicted octanol–water partition coefficient (Wildman–Crippen LogP) is 3.46. The van der Waals surface area contributed by atoms with Gasteiger partial charge in [-0.15, -0.1) is 0 Å². The Morgan fingerprint density at radius 2 is 2.14 bits per heavy atom. The van der Waals surface area contributed by atoms with Crippen LogP contribution in [0.4, 0.5) is 4.39 Å². The summed E-state index contributed by atoms with van der Waals surface area (Å²) in [5.74, 6) is -0.161. The zero-order valence-electron chi connectivity index (χ0n) is 7.69. The van der Waals surface area contributed by atoms with E-state index in [4.69, 9.17) is 0 Å². The summed E-state index contributed by atoms with van der Waals surface area (Å²) in [6.07, 6.45) is 1.05. The highest BCUT2D eigenvalue weighted by atomic mass is 79.9. The lowest BCUT2D eigenvalue weighted by Gasteiger charge is -2.05. The Labute approximate surface area is 100 Å². The van der Waals surface area contributed by atoms with Crippen LogP contribution in [0.15, 0.2) is 22.7 Å². The van der Waals surface area contributed by atoms with Gasteiger partial charge < -0.3 is 5.32 Å². The Morgan fingerprint density at radius 3 is 2.79 bits per heavy atom.